The molecule has 2 aromatic rings. The van der Waals surface area contributed by atoms with Crippen molar-refractivity contribution in [3.05, 3.63) is 64.0 Å². The number of halogens is 1. The molecule has 2 aromatic carbocycles. The third kappa shape index (κ3) is 4.50. The summed E-state index contributed by atoms with van der Waals surface area (Å²) >= 11 is 0. The first-order valence-electron chi connectivity index (χ1n) is 9.88. The van der Waals surface area contributed by atoms with Crippen LogP contribution in [0.5, 0.6) is 5.75 Å². The van der Waals surface area contributed by atoms with Crippen molar-refractivity contribution in [2.45, 2.75) is 44.1 Å². The van der Waals surface area contributed by atoms with E-state index in [0.29, 0.717) is 12.8 Å². The third-order valence-electron chi connectivity index (χ3n) is 5.54. The van der Waals surface area contributed by atoms with Crippen LogP contribution in [-0.2, 0) is 19.7 Å². The Bertz CT molecular complexity index is 1000. The van der Waals surface area contributed by atoms with Crippen LogP contribution >= 0.6 is 0 Å². The zero-order valence-corrected chi connectivity index (χ0v) is 17.2. The molecular formula is C22H23FN2O6. The number of hydrogen-bond donors (Lipinski definition) is 1. The second kappa shape index (κ2) is 9.11. The van der Waals surface area contributed by atoms with Gasteiger partial charge in [0.25, 0.3) is 11.6 Å². The summed E-state index contributed by atoms with van der Waals surface area (Å²) in [6.45, 7) is 1.39. The normalized spacial score (nSPS) is 15.7. The number of nitrogens with one attached hydrogen (secondary N) is 1. The third-order valence-corrected chi connectivity index (χ3v) is 5.54. The molecule has 0 aromatic heterocycles. The minimum atomic E-state index is -1.21. The van der Waals surface area contributed by atoms with Gasteiger partial charge >= 0.3 is 5.97 Å². The van der Waals surface area contributed by atoms with Gasteiger partial charge in [0.15, 0.2) is 6.10 Å². The molecule has 3 rings (SSSR count). The number of non-ortho nitro benzene ring substituents is 1. The van der Waals surface area contributed by atoms with Gasteiger partial charge in [-0.05, 0) is 31.9 Å². The fourth-order valence-electron chi connectivity index (χ4n) is 3.88. The highest BCUT2D eigenvalue weighted by molar-refractivity contribution is 5.97. The molecule has 31 heavy (non-hydrogen) atoms. The van der Waals surface area contributed by atoms with Gasteiger partial charge in [-0.1, -0.05) is 31.0 Å². The van der Waals surface area contributed by atoms with E-state index in [1.54, 1.807) is 18.2 Å². The van der Waals surface area contributed by atoms with Crippen molar-refractivity contribution >= 4 is 23.3 Å². The molecule has 0 aliphatic heterocycles. The monoisotopic (exact) mass is 430 g/mol. The standard InChI is InChI=1S/C22H23FN2O6/c1-14(20(26)24-18-13-15(25(28)29)9-10-19(18)30-2)31-21(27)22(11-5-6-12-22)16-7-3-4-8-17(16)23/h3-4,7-10,13-14H,5-6,11-12H2,1-2H3,(H,24,26)/t14-/m1/s1. The van der Waals surface area contributed by atoms with Crippen molar-refractivity contribution in [1.82, 2.24) is 0 Å². The van der Waals surface area contributed by atoms with E-state index in [1.807, 2.05) is 0 Å². The molecule has 0 unspecified atom stereocenters. The van der Waals surface area contributed by atoms with E-state index in [1.165, 1.54) is 32.2 Å². The minimum Gasteiger partial charge on any atom is -0.495 e. The molecule has 0 radical (unpaired) electrons. The van der Waals surface area contributed by atoms with Crippen LogP contribution < -0.4 is 10.1 Å². The Morgan fingerprint density at radius 1 is 1.19 bits per heavy atom. The molecular weight excluding hydrogens is 407 g/mol. The van der Waals surface area contributed by atoms with Crippen molar-refractivity contribution in [1.29, 1.82) is 0 Å². The molecule has 9 heteroatoms. The number of nitro groups is 1. The van der Waals surface area contributed by atoms with Gasteiger partial charge in [-0.15, -0.1) is 0 Å². The summed E-state index contributed by atoms with van der Waals surface area (Å²) in [5, 5.41) is 13.5. The van der Waals surface area contributed by atoms with Gasteiger partial charge < -0.3 is 14.8 Å². The lowest BCUT2D eigenvalue weighted by molar-refractivity contribution is -0.384. The van der Waals surface area contributed by atoms with Crippen LogP contribution in [0.25, 0.3) is 0 Å². The van der Waals surface area contributed by atoms with Gasteiger partial charge in [-0.3, -0.25) is 19.7 Å². The summed E-state index contributed by atoms with van der Waals surface area (Å²) in [6, 6.07) is 9.84. The van der Waals surface area contributed by atoms with E-state index in [2.05, 4.69) is 5.32 Å². The lowest BCUT2D eigenvalue weighted by atomic mass is 9.78. The molecule has 1 aliphatic rings. The topological polar surface area (TPSA) is 108 Å². The lowest BCUT2D eigenvalue weighted by Crippen LogP contribution is -2.40. The summed E-state index contributed by atoms with van der Waals surface area (Å²) in [6.07, 6.45) is 1.14. The predicted octanol–water partition coefficient (Wildman–Crippen LogP) is 4.12. The van der Waals surface area contributed by atoms with E-state index in [9.17, 15) is 24.1 Å². The summed E-state index contributed by atoms with van der Waals surface area (Å²) in [7, 11) is 1.36. The Balaban J connectivity index is 1.78. The average molecular weight is 430 g/mol. The molecule has 1 N–H and O–H groups in total. The number of nitro benzene ring substituents is 1. The van der Waals surface area contributed by atoms with Gasteiger partial charge in [-0.2, -0.15) is 0 Å². The smallest absolute Gasteiger partial charge is 0.317 e. The summed E-state index contributed by atoms with van der Waals surface area (Å²) in [5.74, 6) is -1.62. The van der Waals surface area contributed by atoms with E-state index >= 15 is 0 Å². The van der Waals surface area contributed by atoms with Crippen molar-refractivity contribution in [3.8, 4) is 5.75 Å². The highest BCUT2D eigenvalue weighted by Gasteiger charge is 2.46. The molecule has 0 saturated heterocycles. The molecule has 1 saturated carbocycles. The number of anilines is 1. The number of hydrogen-bond acceptors (Lipinski definition) is 6. The van der Waals surface area contributed by atoms with Crippen LogP contribution in [0, 0.1) is 15.9 Å². The summed E-state index contributed by atoms with van der Waals surface area (Å²) in [5.41, 5.74) is -1.02. The Kier molecular flexibility index (Phi) is 6.53. The van der Waals surface area contributed by atoms with Gasteiger partial charge in [-0.25, -0.2) is 4.39 Å². The average Bonchev–Trinajstić information content (AvgIpc) is 3.25. The number of carbonyl (C=O) groups excluding carboxylic acids is 2. The molecule has 0 heterocycles. The molecule has 164 valence electrons. The highest BCUT2D eigenvalue weighted by atomic mass is 19.1. The van der Waals surface area contributed by atoms with Crippen molar-refractivity contribution in [2.24, 2.45) is 0 Å². The van der Waals surface area contributed by atoms with Crippen LogP contribution in [0.2, 0.25) is 0 Å². The number of benzene rings is 2. The number of rotatable bonds is 7. The quantitative estimate of drug-likeness (QED) is 0.402. The van der Waals surface area contributed by atoms with Gasteiger partial charge in [0.05, 0.1) is 23.1 Å². The summed E-state index contributed by atoms with van der Waals surface area (Å²) < 4.78 is 25.0. The molecule has 0 spiro atoms. The fourth-order valence-corrected chi connectivity index (χ4v) is 3.88. The molecule has 1 amide bonds. The number of carbonyl (C=O) groups is 2. The van der Waals surface area contributed by atoms with E-state index < -0.39 is 34.1 Å². The first kappa shape index (κ1) is 22.2. The molecule has 0 bridgehead atoms. The zero-order chi connectivity index (χ0) is 22.6. The fraction of sp³-hybridized carbons (Fsp3) is 0.364. The molecule has 1 aliphatic carbocycles. The number of esters is 1. The molecule has 8 nitrogen and oxygen atoms in total. The largest absolute Gasteiger partial charge is 0.495 e. The van der Waals surface area contributed by atoms with Crippen LogP contribution in [0.4, 0.5) is 15.8 Å². The van der Waals surface area contributed by atoms with Crippen LogP contribution in [0.3, 0.4) is 0 Å². The maximum Gasteiger partial charge on any atom is 0.317 e. The Morgan fingerprint density at radius 3 is 2.48 bits per heavy atom. The van der Waals surface area contributed by atoms with Gasteiger partial charge in [0.2, 0.25) is 0 Å². The van der Waals surface area contributed by atoms with Crippen LogP contribution in [-0.4, -0.2) is 30.0 Å². The minimum absolute atomic E-state index is 0.0780. The van der Waals surface area contributed by atoms with Gasteiger partial charge in [0.1, 0.15) is 11.6 Å². The number of amides is 1. The second-order valence-corrected chi connectivity index (χ2v) is 7.45. The zero-order valence-electron chi connectivity index (χ0n) is 17.2. The number of nitrogens with zero attached hydrogens (tertiary/aromatic N) is 1. The lowest BCUT2D eigenvalue weighted by Gasteiger charge is -2.29. The number of ether oxygens (including phenoxy) is 2. The maximum absolute atomic E-state index is 14.5. The van der Waals surface area contributed by atoms with Crippen molar-refractivity contribution < 1.29 is 28.4 Å². The van der Waals surface area contributed by atoms with Crippen LogP contribution in [0.15, 0.2) is 42.5 Å². The van der Waals surface area contributed by atoms with Crippen molar-refractivity contribution in [2.75, 3.05) is 12.4 Å². The first-order chi connectivity index (χ1) is 14.8. The number of methoxy groups -OCH3 is 1. The van der Waals surface area contributed by atoms with Crippen molar-refractivity contribution in [3.63, 3.8) is 0 Å². The highest BCUT2D eigenvalue weighted by Crippen LogP contribution is 2.43. The van der Waals surface area contributed by atoms with E-state index in [4.69, 9.17) is 9.47 Å². The maximum atomic E-state index is 14.5. The Morgan fingerprint density at radius 2 is 1.87 bits per heavy atom. The molecule has 1 atom stereocenters. The Labute approximate surface area is 178 Å². The van der Waals surface area contributed by atoms with E-state index in [-0.39, 0.29) is 22.7 Å². The van der Waals surface area contributed by atoms with E-state index in [0.717, 1.165) is 18.9 Å². The van der Waals surface area contributed by atoms with Crippen LogP contribution in [0.1, 0.15) is 38.2 Å². The predicted molar refractivity (Wildman–Crippen MR) is 110 cm³/mol. The Hall–Kier alpha value is -3.49. The van der Waals surface area contributed by atoms with Gasteiger partial charge in [0, 0.05) is 17.7 Å². The SMILES string of the molecule is COc1ccc([N+](=O)[O-])cc1NC(=O)[C@@H](C)OC(=O)C1(c2ccccc2F)CCCC1. The summed E-state index contributed by atoms with van der Waals surface area (Å²) in [4.78, 5) is 36.1. The first-order valence-corrected chi connectivity index (χ1v) is 9.88. The molecule has 1 fully saturated rings. The second-order valence-electron chi connectivity index (χ2n) is 7.45.